The van der Waals surface area contributed by atoms with Crippen LogP contribution in [0, 0.1) is 5.92 Å². The molecule has 0 aliphatic rings. The summed E-state index contributed by atoms with van der Waals surface area (Å²) in [5.74, 6) is 1.64. The van der Waals surface area contributed by atoms with Crippen molar-refractivity contribution in [1.82, 2.24) is 4.90 Å². The van der Waals surface area contributed by atoms with E-state index in [0.29, 0.717) is 18.5 Å². The fourth-order valence-corrected chi connectivity index (χ4v) is 2.97. The molecular weight excluding hydrogens is 260 g/mol. The van der Waals surface area contributed by atoms with Gasteiger partial charge in [-0.3, -0.25) is 4.90 Å². The van der Waals surface area contributed by atoms with Crippen LogP contribution in [-0.2, 0) is 6.42 Å². The summed E-state index contributed by atoms with van der Waals surface area (Å²) < 4.78 is 5.48. The molecule has 1 rings (SSSR count). The van der Waals surface area contributed by atoms with Crippen molar-refractivity contribution in [2.75, 3.05) is 20.7 Å². The number of nitrogens with zero attached hydrogens (tertiary/aromatic N) is 1. The molecule has 0 saturated carbocycles. The van der Waals surface area contributed by atoms with Crippen molar-refractivity contribution in [2.45, 2.75) is 52.1 Å². The number of ether oxygens (including phenoxy) is 1. The van der Waals surface area contributed by atoms with Crippen LogP contribution in [0.4, 0.5) is 0 Å². The van der Waals surface area contributed by atoms with E-state index < -0.39 is 0 Å². The first-order chi connectivity index (χ1) is 9.84. The van der Waals surface area contributed by atoms with E-state index in [1.807, 2.05) is 12.1 Å². The largest absolute Gasteiger partial charge is 0.496 e. The molecule has 3 nitrogen and oxygen atoms in total. The molecule has 2 unspecified atom stereocenters. The molecule has 1 aromatic rings. The van der Waals surface area contributed by atoms with E-state index in [1.165, 1.54) is 12.0 Å². The molecule has 0 bridgehead atoms. The molecule has 2 atom stereocenters. The molecule has 0 fully saturated rings. The molecular formula is C18H32N2O. The molecule has 0 saturated heterocycles. The number of benzene rings is 1. The summed E-state index contributed by atoms with van der Waals surface area (Å²) in [7, 11) is 3.92. The highest BCUT2D eigenvalue weighted by atomic mass is 16.5. The van der Waals surface area contributed by atoms with E-state index in [-0.39, 0.29) is 5.54 Å². The van der Waals surface area contributed by atoms with Crippen LogP contribution in [-0.4, -0.2) is 37.2 Å². The molecule has 1 aromatic carbocycles. The van der Waals surface area contributed by atoms with Crippen LogP contribution in [0.15, 0.2) is 24.3 Å². The number of hydrogen-bond donors (Lipinski definition) is 1. The Kier molecular flexibility index (Phi) is 6.69. The lowest BCUT2D eigenvalue weighted by Gasteiger charge is -2.42. The molecule has 3 heteroatoms. The van der Waals surface area contributed by atoms with Crippen molar-refractivity contribution in [2.24, 2.45) is 11.7 Å². The maximum absolute atomic E-state index is 6.13. The van der Waals surface area contributed by atoms with Crippen LogP contribution >= 0.6 is 0 Å². The number of rotatable bonds is 8. The molecule has 0 heterocycles. The summed E-state index contributed by atoms with van der Waals surface area (Å²) in [6.07, 6.45) is 2.07. The zero-order chi connectivity index (χ0) is 16.0. The number of para-hydroxylation sites is 1. The van der Waals surface area contributed by atoms with Crippen molar-refractivity contribution in [3.05, 3.63) is 29.8 Å². The molecule has 0 radical (unpaired) electrons. The van der Waals surface area contributed by atoms with Crippen molar-refractivity contribution in [3.63, 3.8) is 0 Å². The highest BCUT2D eigenvalue weighted by Crippen LogP contribution is 2.27. The normalized spacial score (nSPS) is 16.0. The third-order valence-electron chi connectivity index (χ3n) is 4.53. The van der Waals surface area contributed by atoms with Crippen molar-refractivity contribution < 1.29 is 4.74 Å². The average molecular weight is 292 g/mol. The molecule has 0 aromatic heterocycles. The van der Waals surface area contributed by atoms with Crippen molar-refractivity contribution in [1.29, 1.82) is 0 Å². The highest BCUT2D eigenvalue weighted by molar-refractivity contribution is 5.34. The topological polar surface area (TPSA) is 38.5 Å². The second-order valence-electron chi connectivity index (χ2n) is 6.78. The minimum Gasteiger partial charge on any atom is -0.496 e. The van der Waals surface area contributed by atoms with Crippen molar-refractivity contribution >= 4 is 0 Å². The summed E-state index contributed by atoms with van der Waals surface area (Å²) in [5, 5.41) is 0. The maximum Gasteiger partial charge on any atom is 0.122 e. The van der Waals surface area contributed by atoms with Gasteiger partial charge in [-0.15, -0.1) is 0 Å². The summed E-state index contributed by atoms with van der Waals surface area (Å²) in [4.78, 5) is 2.43. The number of hydrogen-bond acceptors (Lipinski definition) is 3. The Morgan fingerprint density at radius 1 is 1.24 bits per heavy atom. The summed E-state index contributed by atoms with van der Waals surface area (Å²) in [6, 6.07) is 8.73. The Hall–Kier alpha value is -1.06. The van der Waals surface area contributed by atoms with Gasteiger partial charge < -0.3 is 10.5 Å². The highest BCUT2D eigenvalue weighted by Gasteiger charge is 2.32. The van der Waals surface area contributed by atoms with Crippen molar-refractivity contribution in [3.8, 4) is 5.75 Å². The first kappa shape index (κ1) is 18.0. The molecule has 2 N–H and O–H groups in total. The Bertz CT molecular complexity index is 433. The maximum atomic E-state index is 6.13. The zero-order valence-electron chi connectivity index (χ0n) is 14.5. The van der Waals surface area contributed by atoms with E-state index in [1.54, 1.807) is 7.11 Å². The van der Waals surface area contributed by atoms with Gasteiger partial charge in [0.25, 0.3) is 0 Å². The van der Waals surface area contributed by atoms with E-state index in [2.05, 4.69) is 51.8 Å². The van der Waals surface area contributed by atoms with E-state index >= 15 is 0 Å². The first-order valence-corrected chi connectivity index (χ1v) is 7.89. The Balaban J connectivity index is 2.93. The molecule has 21 heavy (non-hydrogen) atoms. The van der Waals surface area contributed by atoms with Gasteiger partial charge in [0.15, 0.2) is 0 Å². The summed E-state index contributed by atoms with van der Waals surface area (Å²) in [6.45, 7) is 9.70. The Morgan fingerprint density at radius 2 is 1.86 bits per heavy atom. The lowest BCUT2D eigenvalue weighted by Crippen LogP contribution is -2.54. The molecule has 0 spiro atoms. The van der Waals surface area contributed by atoms with Gasteiger partial charge in [-0.2, -0.15) is 0 Å². The van der Waals surface area contributed by atoms with E-state index in [4.69, 9.17) is 10.5 Å². The zero-order valence-corrected chi connectivity index (χ0v) is 14.5. The predicted octanol–water partition coefficient (Wildman–Crippen LogP) is 3.32. The van der Waals surface area contributed by atoms with Crippen LogP contribution in [0.3, 0.4) is 0 Å². The van der Waals surface area contributed by atoms with Gasteiger partial charge in [0.1, 0.15) is 5.75 Å². The number of likely N-dealkylation sites (N-methyl/N-ethyl adjacent to an activating group) is 1. The molecule has 120 valence electrons. The number of nitrogens with two attached hydrogens (primary N) is 1. The minimum atomic E-state index is -0.0665. The van der Waals surface area contributed by atoms with E-state index in [9.17, 15) is 0 Å². The second-order valence-corrected chi connectivity index (χ2v) is 6.78. The quantitative estimate of drug-likeness (QED) is 0.799. The first-order valence-electron chi connectivity index (χ1n) is 7.89. The smallest absolute Gasteiger partial charge is 0.122 e. The standard InChI is InChI=1S/C18H32N2O/c1-14(2)11-15(3)20(5)18(4,13-19)12-16-9-7-8-10-17(16)21-6/h7-10,14-15H,11-13,19H2,1-6H3. The Labute approximate surface area is 130 Å². The van der Waals surface area contributed by atoms with Gasteiger partial charge >= 0.3 is 0 Å². The fraction of sp³-hybridized carbons (Fsp3) is 0.667. The van der Waals surface area contributed by atoms with Gasteiger partial charge in [-0.05, 0) is 51.3 Å². The SMILES string of the molecule is COc1ccccc1CC(C)(CN)N(C)C(C)CC(C)C. The van der Waals surface area contributed by atoms with Crippen LogP contribution in [0.5, 0.6) is 5.75 Å². The lowest BCUT2D eigenvalue weighted by atomic mass is 9.88. The predicted molar refractivity (Wildman–Crippen MR) is 90.8 cm³/mol. The average Bonchev–Trinajstić information content (AvgIpc) is 2.46. The number of methoxy groups -OCH3 is 1. The van der Waals surface area contributed by atoms with Gasteiger partial charge in [0, 0.05) is 18.1 Å². The third kappa shape index (κ3) is 4.72. The van der Waals surface area contributed by atoms with Gasteiger partial charge in [0.05, 0.1) is 7.11 Å². The van der Waals surface area contributed by atoms with Gasteiger partial charge in [-0.1, -0.05) is 32.0 Å². The summed E-state index contributed by atoms with van der Waals surface area (Å²) >= 11 is 0. The van der Waals surface area contributed by atoms with Crippen LogP contribution in [0.2, 0.25) is 0 Å². The molecule has 0 amide bonds. The van der Waals surface area contributed by atoms with Crippen LogP contribution in [0.1, 0.15) is 39.7 Å². The lowest BCUT2D eigenvalue weighted by molar-refractivity contribution is 0.0883. The van der Waals surface area contributed by atoms with Crippen LogP contribution in [0.25, 0.3) is 0 Å². The monoisotopic (exact) mass is 292 g/mol. The van der Waals surface area contributed by atoms with Crippen LogP contribution < -0.4 is 10.5 Å². The minimum absolute atomic E-state index is 0.0665. The van der Waals surface area contributed by atoms with Gasteiger partial charge in [-0.25, -0.2) is 0 Å². The molecule has 0 aliphatic heterocycles. The van der Waals surface area contributed by atoms with Gasteiger partial charge in [0.2, 0.25) is 0 Å². The Morgan fingerprint density at radius 3 is 2.38 bits per heavy atom. The third-order valence-corrected chi connectivity index (χ3v) is 4.53. The summed E-state index contributed by atoms with van der Waals surface area (Å²) in [5.41, 5.74) is 7.29. The second kappa shape index (κ2) is 7.81. The fourth-order valence-electron chi connectivity index (χ4n) is 2.97. The molecule has 0 aliphatic carbocycles. The van der Waals surface area contributed by atoms with E-state index in [0.717, 1.165) is 12.2 Å².